The van der Waals surface area contributed by atoms with E-state index in [1.54, 1.807) is 29.8 Å². The molecular weight excluding hydrogens is 313 g/mol. The quantitative estimate of drug-likeness (QED) is 0.576. The number of nitrogens with zero attached hydrogens (tertiary/aromatic N) is 5. The number of halogens is 1. The molecule has 1 aromatic carbocycles. The minimum atomic E-state index is -0.268. The second-order valence-electron chi connectivity index (χ2n) is 5.12. The van der Waals surface area contributed by atoms with Crippen LogP contribution in [-0.2, 0) is 13.1 Å². The first kappa shape index (κ1) is 14.1. The topological polar surface area (TPSA) is 48.5 Å². The molecule has 0 saturated carbocycles. The standard InChI is InChI=1S/C16H14FN5S/c1-2-22-13-4-3-11(17)9-12(13)20-14(22)10-21-7-5-18-15(21)16-19-6-8-23-16/h3-9H,2,10H2,1H3. The van der Waals surface area contributed by atoms with Gasteiger partial charge in [-0.05, 0) is 19.1 Å². The summed E-state index contributed by atoms with van der Waals surface area (Å²) >= 11 is 1.55. The van der Waals surface area contributed by atoms with Crippen molar-refractivity contribution < 1.29 is 4.39 Å². The smallest absolute Gasteiger partial charge is 0.169 e. The van der Waals surface area contributed by atoms with Gasteiger partial charge in [-0.15, -0.1) is 11.3 Å². The molecule has 0 radical (unpaired) electrons. The molecular formula is C16H14FN5S. The van der Waals surface area contributed by atoms with Crippen LogP contribution in [0.1, 0.15) is 12.7 Å². The number of hydrogen-bond acceptors (Lipinski definition) is 4. The fraction of sp³-hybridized carbons (Fsp3) is 0.188. The average molecular weight is 327 g/mol. The van der Waals surface area contributed by atoms with Crippen LogP contribution in [0.5, 0.6) is 0 Å². The third-order valence-electron chi connectivity index (χ3n) is 3.76. The molecule has 5 nitrogen and oxygen atoms in total. The van der Waals surface area contributed by atoms with Crippen molar-refractivity contribution in [3.63, 3.8) is 0 Å². The van der Waals surface area contributed by atoms with Crippen molar-refractivity contribution >= 4 is 22.4 Å². The molecule has 116 valence electrons. The van der Waals surface area contributed by atoms with Gasteiger partial charge in [0, 0.05) is 36.6 Å². The van der Waals surface area contributed by atoms with Crippen molar-refractivity contribution in [2.75, 3.05) is 0 Å². The lowest BCUT2D eigenvalue weighted by molar-refractivity contribution is 0.629. The molecule has 3 heterocycles. The highest BCUT2D eigenvalue weighted by Crippen LogP contribution is 2.22. The van der Waals surface area contributed by atoms with Gasteiger partial charge in [-0.2, -0.15) is 0 Å². The van der Waals surface area contributed by atoms with Crippen molar-refractivity contribution in [3.05, 3.63) is 53.8 Å². The van der Waals surface area contributed by atoms with Gasteiger partial charge in [0.1, 0.15) is 11.6 Å². The monoisotopic (exact) mass is 327 g/mol. The van der Waals surface area contributed by atoms with Gasteiger partial charge in [0.2, 0.25) is 0 Å². The number of benzene rings is 1. The number of thiazole rings is 1. The minimum absolute atomic E-state index is 0.268. The first-order valence-electron chi connectivity index (χ1n) is 7.32. The fourth-order valence-corrected chi connectivity index (χ4v) is 3.40. The van der Waals surface area contributed by atoms with E-state index in [1.807, 2.05) is 16.1 Å². The maximum absolute atomic E-state index is 13.4. The largest absolute Gasteiger partial charge is 0.327 e. The molecule has 4 aromatic rings. The lowest BCUT2D eigenvalue weighted by Gasteiger charge is -2.08. The lowest BCUT2D eigenvalue weighted by atomic mass is 10.3. The van der Waals surface area contributed by atoms with E-state index in [0.29, 0.717) is 12.1 Å². The third-order valence-corrected chi connectivity index (χ3v) is 4.53. The highest BCUT2D eigenvalue weighted by Gasteiger charge is 2.14. The zero-order valence-electron chi connectivity index (χ0n) is 12.5. The molecule has 4 rings (SSSR count). The maximum atomic E-state index is 13.4. The van der Waals surface area contributed by atoms with Crippen LogP contribution in [0, 0.1) is 5.82 Å². The molecule has 0 fully saturated rings. The van der Waals surface area contributed by atoms with E-state index in [0.717, 1.165) is 28.7 Å². The molecule has 0 atom stereocenters. The van der Waals surface area contributed by atoms with Crippen LogP contribution >= 0.6 is 11.3 Å². The second kappa shape index (κ2) is 5.58. The van der Waals surface area contributed by atoms with Crippen molar-refractivity contribution in [1.82, 2.24) is 24.1 Å². The number of rotatable bonds is 4. The summed E-state index contributed by atoms with van der Waals surface area (Å²) in [7, 11) is 0. The summed E-state index contributed by atoms with van der Waals surface area (Å²) in [6, 6.07) is 4.72. The Hall–Kier alpha value is -2.54. The molecule has 23 heavy (non-hydrogen) atoms. The van der Waals surface area contributed by atoms with Gasteiger partial charge in [0.05, 0.1) is 17.6 Å². The van der Waals surface area contributed by atoms with Crippen LogP contribution in [0.25, 0.3) is 21.9 Å². The van der Waals surface area contributed by atoms with E-state index >= 15 is 0 Å². The Kier molecular flexibility index (Phi) is 3.42. The van der Waals surface area contributed by atoms with Crippen molar-refractivity contribution in [3.8, 4) is 10.8 Å². The Balaban J connectivity index is 1.78. The molecule has 0 aliphatic rings. The number of fused-ring (bicyclic) bond motifs is 1. The lowest BCUT2D eigenvalue weighted by Crippen LogP contribution is -2.08. The maximum Gasteiger partial charge on any atom is 0.169 e. The van der Waals surface area contributed by atoms with Crippen LogP contribution in [0.2, 0.25) is 0 Å². The van der Waals surface area contributed by atoms with E-state index in [4.69, 9.17) is 0 Å². The number of imidazole rings is 2. The van der Waals surface area contributed by atoms with Gasteiger partial charge in [-0.25, -0.2) is 19.3 Å². The Morgan fingerprint density at radius 3 is 2.91 bits per heavy atom. The zero-order valence-corrected chi connectivity index (χ0v) is 13.3. The third kappa shape index (κ3) is 2.43. The van der Waals surface area contributed by atoms with Gasteiger partial charge in [0.25, 0.3) is 0 Å². The van der Waals surface area contributed by atoms with Crippen molar-refractivity contribution in [2.24, 2.45) is 0 Å². The number of hydrogen-bond donors (Lipinski definition) is 0. The van der Waals surface area contributed by atoms with Gasteiger partial charge in [-0.1, -0.05) is 0 Å². The van der Waals surface area contributed by atoms with Gasteiger partial charge in [-0.3, -0.25) is 0 Å². The Bertz CT molecular complexity index is 954. The second-order valence-corrected chi connectivity index (χ2v) is 6.02. The van der Waals surface area contributed by atoms with Crippen LogP contribution in [0.4, 0.5) is 4.39 Å². The number of aromatic nitrogens is 5. The summed E-state index contributed by atoms with van der Waals surface area (Å²) in [5.41, 5.74) is 1.62. The molecule has 0 saturated heterocycles. The highest BCUT2D eigenvalue weighted by atomic mass is 32.1. The van der Waals surface area contributed by atoms with E-state index in [2.05, 4.69) is 26.4 Å². The van der Waals surface area contributed by atoms with Crippen LogP contribution in [0.3, 0.4) is 0 Å². The molecule has 0 spiro atoms. The summed E-state index contributed by atoms with van der Waals surface area (Å²) in [5, 5.41) is 2.80. The van der Waals surface area contributed by atoms with E-state index in [-0.39, 0.29) is 5.82 Å². The van der Waals surface area contributed by atoms with Crippen molar-refractivity contribution in [2.45, 2.75) is 20.0 Å². The molecule has 7 heteroatoms. The first-order valence-corrected chi connectivity index (χ1v) is 8.20. The predicted octanol–water partition coefficient (Wildman–Crippen LogP) is 3.56. The zero-order chi connectivity index (χ0) is 15.8. The molecule has 0 unspecified atom stereocenters. The van der Waals surface area contributed by atoms with Crippen molar-refractivity contribution in [1.29, 1.82) is 0 Å². The van der Waals surface area contributed by atoms with E-state index in [9.17, 15) is 4.39 Å². The van der Waals surface area contributed by atoms with E-state index < -0.39 is 0 Å². The summed E-state index contributed by atoms with van der Waals surface area (Å²) in [5.74, 6) is 1.43. The summed E-state index contributed by atoms with van der Waals surface area (Å²) in [6.07, 6.45) is 5.44. The molecule has 0 aliphatic heterocycles. The molecule has 0 bridgehead atoms. The van der Waals surface area contributed by atoms with Gasteiger partial charge >= 0.3 is 0 Å². The molecule has 0 N–H and O–H groups in total. The SMILES string of the molecule is CCn1c(Cn2ccnc2-c2nccs2)nc2cc(F)ccc21. The Morgan fingerprint density at radius 1 is 1.22 bits per heavy atom. The summed E-state index contributed by atoms with van der Waals surface area (Å²) in [6.45, 7) is 3.40. The predicted molar refractivity (Wildman–Crippen MR) is 87.8 cm³/mol. The van der Waals surface area contributed by atoms with E-state index in [1.165, 1.54) is 12.1 Å². The van der Waals surface area contributed by atoms with Gasteiger partial charge in [0.15, 0.2) is 10.8 Å². The fourth-order valence-electron chi connectivity index (χ4n) is 2.75. The Morgan fingerprint density at radius 2 is 2.13 bits per heavy atom. The summed E-state index contributed by atoms with van der Waals surface area (Å²) < 4.78 is 17.6. The Labute approximate surface area is 136 Å². The minimum Gasteiger partial charge on any atom is -0.327 e. The molecule has 3 aromatic heterocycles. The first-order chi connectivity index (χ1) is 11.3. The van der Waals surface area contributed by atoms with Crippen LogP contribution in [0.15, 0.2) is 42.2 Å². The summed E-state index contributed by atoms with van der Waals surface area (Å²) in [4.78, 5) is 13.3. The molecule has 0 amide bonds. The molecule has 0 aliphatic carbocycles. The average Bonchev–Trinajstić information content (AvgIpc) is 3.25. The number of aryl methyl sites for hydroxylation is 1. The highest BCUT2D eigenvalue weighted by molar-refractivity contribution is 7.13. The van der Waals surface area contributed by atoms with Crippen LogP contribution in [-0.4, -0.2) is 24.1 Å². The van der Waals surface area contributed by atoms with Gasteiger partial charge < -0.3 is 9.13 Å². The normalized spacial score (nSPS) is 11.4. The van der Waals surface area contributed by atoms with Crippen LogP contribution < -0.4 is 0 Å².